The average Bonchev–Trinajstić information content (AvgIpc) is 2.01. The molecule has 0 saturated heterocycles. The van der Waals surface area contributed by atoms with Crippen molar-refractivity contribution in [2.24, 2.45) is 5.41 Å². The van der Waals surface area contributed by atoms with Crippen LogP contribution in [0.5, 0.6) is 0 Å². The van der Waals surface area contributed by atoms with Gasteiger partial charge in [-0.15, -0.1) is 0 Å². The second kappa shape index (κ2) is 4.61. The zero-order chi connectivity index (χ0) is 9.73. The third-order valence-corrected chi connectivity index (χ3v) is 3.08. The van der Waals surface area contributed by atoms with Crippen molar-refractivity contribution in [1.82, 2.24) is 0 Å². The average molecular weight is 186 g/mol. The first-order chi connectivity index (χ1) is 6.21. The summed E-state index contributed by atoms with van der Waals surface area (Å²) >= 11 is 0. The molecule has 0 aromatic heterocycles. The van der Waals surface area contributed by atoms with Crippen LogP contribution >= 0.6 is 0 Å². The van der Waals surface area contributed by atoms with E-state index in [9.17, 15) is 4.79 Å². The van der Waals surface area contributed by atoms with Gasteiger partial charge < -0.3 is 10.2 Å². The first kappa shape index (κ1) is 10.5. The number of rotatable bonds is 6. The van der Waals surface area contributed by atoms with Crippen molar-refractivity contribution >= 4 is 5.97 Å². The van der Waals surface area contributed by atoms with E-state index >= 15 is 0 Å². The quantitative estimate of drug-likeness (QED) is 0.622. The third-order valence-electron chi connectivity index (χ3n) is 3.08. The van der Waals surface area contributed by atoms with Crippen molar-refractivity contribution in [1.29, 1.82) is 0 Å². The number of aliphatic hydroxyl groups excluding tert-OH is 1. The van der Waals surface area contributed by atoms with Crippen LogP contribution < -0.4 is 0 Å². The molecule has 3 nitrogen and oxygen atoms in total. The van der Waals surface area contributed by atoms with Gasteiger partial charge in [0.1, 0.15) is 0 Å². The molecule has 0 radical (unpaired) electrons. The molecular weight excluding hydrogens is 168 g/mol. The van der Waals surface area contributed by atoms with Crippen LogP contribution in [0, 0.1) is 5.41 Å². The maximum absolute atomic E-state index is 10.9. The smallest absolute Gasteiger partial charge is 0.309 e. The van der Waals surface area contributed by atoms with E-state index in [4.69, 9.17) is 10.2 Å². The zero-order valence-corrected chi connectivity index (χ0v) is 7.96. The van der Waals surface area contributed by atoms with Crippen LogP contribution in [0.2, 0.25) is 0 Å². The maximum atomic E-state index is 10.9. The molecule has 0 heterocycles. The van der Waals surface area contributed by atoms with Gasteiger partial charge in [-0.3, -0.25) is 4.79 Å². The van der Waals surface area contributed by atoms with E-state index in [0.717, 1.165) is 44.9 Å². The Kier molecular flexibility index (Phi) is 3.72. The number of carbonyl (C=O) groups is 1. The van der Waals surface area contributed by atoms with E-state index in [-0.39, 0.29) is 6.61 Å². The van der Waals surface area contributed by atoms with Crippen molar-refractivity contribution in [2.45, 2.75) is 44.9 Å². The maximum Gasteiger partial charge on any atom is 0.309 e. The number of aliphatic hydroxyl groups is 1. The van der Waals surface area contributed by atoms with Gasteiger partial charge in [0.25, 0.3) is 0 Å². The van der Waals surface area contributed by atoms with Crippen LogP contribution in [-0.2, 0) is 4.79 Å². The fourth-order valence-corrected chi connectivity index (χ4v) is 1.93. The number of hydrogen-bond acceptors (Lipinski definition) is 2. The van der Waals surface area contributed by atoms with Crippen LogP contribution in [-0.4, -0.2) is 22.8 Å². The highest BCUT2D eigenvalue weighted by Gasteiger charge is 2.43. The van der Waals surface area contributed by atoms with Gasteiger partial charge in [0.2, 0.25) is 0 Å². The van der Waals surface area contributed by atoms with E-state index in [2.05, 4.69) is 0 Å². The Hall–Kier alpha value is -0.570. The summed E-state index contributed by atoms with van der Waals surface area (Å²) < 4.78 is 0. The molecule has 1 fully saturated rings. The van der Waals surface area contributed by atoms with Crippen LogP contribution in [0.4, 0.5) is 0 Å². The van der Waals surface area contributed by atoms with Gasteiger partial charge in [0, 0.05) is 6.61 Å². The summed E-state index contributed by atoms with van der Waals surface area (Å²) in [6.45, 7) is 0.222. The van der Waals surface area contributed by atoms with Crippen molar-refractivity contribution in [3.05, 3.63) is 0 Å². The molecule has 1 rings (SSSR count). The molecule has 3 heteroatoms. The first-order valence-electron chi connectivity index (χ1n) is 5.05. The lowest BCUT2D eigenvalue weighted by Crippen LogP contribution is -2.37. The lowest BCUT2D eigenvalue weighted by atomic mass is 9.66. The standard InChI is InChI=1S/C10H18O3/c11-8-3-1-2-5-10(9(12)13)6-4-7-10/h11H,1-8H2,(H,12,13). The summed E-state index contributed by atoms with van der Waals surface area (Å²) in [7, 11) is 0. The highest BCUT2D eigenvalue weighted by Crippen LogP contribution is 2.45. The highest BCUT2D eigenvalue weighted by atomic mass is 16.4. The largest absolute Gasteiger partial charge is 0.481 e. The molecule has 0 spiro atoms. The molecule has 76 valence electrons. The molecule has 2 N–H and O–H groups in total. The Balaban J connectivity index is 2.21. The lowest BCUT2D eigenvalue weighted by molar-refractivity contribution is -0.155. The van der Waals surface area contributed by atoms with E-state index in [1.807, 2.05) is 0 Å². The SMILES string of the molecule is O=C(O)C1(CCCCCO)CCC1. The molecule has 0 amide bonds. The molecule has 0 aromatic rings. The van der Waals surface area contributed by atoms with Crippen molar-refractivity contribution in [2.75, 3.05) is 6.61 Å². The Labute approximate surface area is 78.8 Å². The molecule has 0 atom stereocenters. The normalized spacial score (nSPS) is 19.5. The van der Waals surface area contributed by atoms with E-state index in [1.165, 1.54) is 0 Å². The third kappa shape index (κ3) is 2.44. The molecule has 0 aliphatic heterocycles. The number of hydrogen-bond donors (Lipinski definition) is 2. The second-order valence-corrected chi connectivity index (χ2v) is 3.97. The number of carboxylic acid groups (broad SMARTS) is 1. The minimum atomic E-state index is -0.622. The summed E-state index contributed by atoms with van der Waals surface area (Å²) in [6.07, 6.45) is 6.24. The summed E-state index contributed by atoms with van der Waals surface area (Å²) in [5, 5.41) is 17.6. The van der Waals surface area contributed by atoms with Crippen molar-refractivity contribution < 1.29 is 15.0 Å². The molecule has 0 bridgehead atoms. The predicted molar refractivity (Wildman–Crippen MR) is 49.5 cm³/mol. The van der Waals surface area contributed by atoms with Gasteiger partial charge in [-0.25, -0.2) is 0 Å². The van der Waals surface area contributed by atoms with Crippen LogP contribution in [0.25, 0.3) is 0 Å². The van der Waals surface area contributed by atoms with Gasteiger partial charge >= 0.3 is 5.97 Å². The number of carboxylic acids is 1. The topological polar surface area (TPSA) is 57.5 Å². The summed E-state index contributed by atoms with van der Waals surface area (Å²) in [4.78, 5) is 10.9. The van der Waals surface area contributed by atoms with Gasteiger partial charge in [0.15, 0.2) is 0 Å². The first-order valence-corrected chi connectivity index (χ1v) is 5.05. The van der Waals surface area contributed by atoms with E-state index in [1.54, 1.807) is 0 Å². The fraction of sp³-hybridized carbons (Fsp3) is 0.900. The number of aliphatic carboxylic acids is 1. The van der Waals surface area contributed by atoms with E-state index in [0.29, 0.717) is 0 Å². The Morgan fingerprint density at radius 3 is 2.31 bits per heavy atom. The van der Waals surface area contributed by atoms with Crippen LogP contribution in [0.3, 0.4) is 0 Å². The molecule has 1 saturated carbocycles. The second-order valence-electron chi connectivity index (χ2n) is 3.97. The lowest BCUT2D eigenvalue weighted by Gasteiger charge is -2.37. The Morgan fingerprint density at radius 2 is 1.92 bits per heavy atom. The number of unbranched alkanes of at least 4 members (excludes halogenated alkanes) is 2. The molecule has 1 aliphatic rings. The van der Waals surface area contributed by atoms with Crippen LogP contribution in [0.1, 0.15) is 44.9 Å². The van der Waals surface area contributed by atoms with Crippen molar-refractivity contribution in [3.8, 4) is 0 Å². The van der Waals surface area contributed by atoms with Gasteiger partial charge in [-0.2, -0.15) is 0 Å². The van der Waals surface area contributed by atoms with Gasteiger partial charge in [0.05, 0.1) is 5.41 Å². The summed E-state index contributed by atoms with van der Waals surface area (Å²) in [6, 6.07) is 0. The van der Waals surface area contributed by atoms with Crippen molar-refractivity contribution in [3.63, 3.8) is 0 Å². The summed E-state index contributed by atoms with van der Waals surface area (Å²) in [5.74, 6) is -0.622. The minimum Gasteiger partial charge on any atom is -0.481 e. The minimum absolute atomic E-state index is 0.222. The van der Waals surface area contributed by atoms with Crippen LogP contribution in [0.15, 0.2) is 0 Å². The zero-order valence-electron chi connectivity index (χ0n) is 7.96. The predicted octanol–water partition coefficient (Wildman–Crippen LogP) is 1.79. The fourth-order valence-electron chi connectivity index (χ4n) is 1.93. The molecule has 13 heavy (non-hydrogen) atoms. The summed E-state index contributed by atoms with van der Waals surface area (Å²) in [5.41, 5.74) is -0.393. The molecule has 1 aliphatic carbocycles. The Bertz CT molecular complexity index is 173. The molecule has 0 aromatic carbocycles. The molecular formula is C10H18O3. The van der Waals surface area contributed by atoms with Gasteiger partial charge in [-0.05, 0) is 25.7 Å². The highest BCUT2D eigenvalue weighted by molar-refractivity contribution is 5.75. The molecule has 0 unspecified atom stereocenters. The van der Waals surface area contributed by atoms with Gasteiger partial charge in [-0.1, -0.05) is 19.3 Å². The van der Waals surface area contributed by atoms with E-state index < -0.39 is 11.4 Å². The Morgan fingerprint density at radius 1 is 1.23 bits per heavy atom. The monoisotopic (exact) mass is 186 g/mol.